The Bertz CT molecular complexity index is 401. The first-order chi connectivity index (χ1) is 8.16. The standard InChI is InChI=1S/C13H21BrN2O/c1-3-4-5-6-7-8-9-16-11(2)15-10-12(14)13(16)17/h10H,3-9H2,1-2H3. The van der Waals surface area contributed by atoms with Crippen LogP contribution in [0.15, 0.2) is 15.5 Å². The first-order valence-electron chi connectivity index (χ1n) is 6.38. The Morgan fingerprint density at radius 1 is 1.24 bits per heavy atom. The molecule has 3 nitrogen and oxygen atoms in total. The molecule has 4 heteroatoms. The van der Waals surface area contributed by atoms with Gasteiger partial charge in [-0.25, -0.2) is 4.98 Å². The lowest BCUT2D eigenvalue weighted by molar-refractivity contribution is 0.535. The molecule has 0 unspecified atom stereocenters. The number of aryl methyl sites for hydroxylation is 1. The van der Waals surface area contributed by atoms with Crippen molar-refractivity contribution in [1.29, 1.82) is 0 Å². The fourth-order valence-electron chi connectivity index (χ4n) is 1.86. The monoisotopic (exact) mass is 300 g/mol. The molecule has 0 saturated carbocycles. The third-order valence-electron chi connectivity index (χ3n) is 2.94. The van der Waals surface area contributed by atoms with E-state index in [1.807, 2.05) is 6.92 Å². The fraction of sp³-hybridized carbons (Fsp3) is 0.692. The van der Waals surface area contributed by atoms with Crippen molar-refractivity contribution in [1.82, 2.24) is 9.55 Å². The van der Waals surface area contributed by atoms with Gasteiger partial charge in [0.1, 0.15) is 10.3 Å². The summed E-state index contributed by atoms with van der Waals surface area (Å²) in [6, 6.07) is 0. The molecular weight excluding hydrogens is 280 g/mol. The Hall–Kier alpha value is -0.640. The highest BCUT2D eigenvalue weighted by molar-refractivity contribution is 9.10. The van der Waals surface area contributed by atoms with Crippen LogP contribution in [-0.4, -0.2) is 9.55 Å². The van der Waals surface area contributed by atoms with E-state index in [2.05, 4.69) is 27.8 Å². The molecule has 1 aromatic heterocycles. The van der Waals surface area contributed by atoms with Gasteiger partial charge < -0.3 is 0 Å². The Morgan fingerprint density at radius 3 is 2.59 bits per heavy atom. The summed E-state index contributed by atoms with van der Waals surface area (Å²) >= 11 is 3.23. The van der Waals surface area contributed by atoms with Gasteiger partial charge in [-0.3, -0.25) is 9.36 Å². The van der Waals surface area contributed by atoms with Crippen LogP contribution in [0.25, 0.3) is 0 Å². The average Bonchev–Trinajstić information content (AvgIpc) is 2.32. The van der Waals surface area contributed by atoms with Crippen LogP contribution in [0, 0.1) is 6.92 Å². The molecule has 0 saturated heterocycles. The highest BCUT2D eigenvalue weighted by Crippen LogP contribution is 2.07. The van der Waals surface area contributed by atoms with Gasteiger partial charge in [0.2, 0.25) is 0 Å². The highest BCUT2D eigenvalue weighted by Gasteiger charge is 2.04. The van der Waals surface area contributed by atoms with E-state index in [9.17, 15) is 4.79 Å². The number of nitrogens with zero attached hydrogens (tertiary/aromatic N) is 2. The molecule has 1 rings (SSSR count). The SMILES string of the molecule is CCCCCCCCn1c(C)ncc(Br)c1=O. The van der Waals surface area contributed by atoms with Crippen molar-refractivity contribution < 1.29 is 0 Å². The lowest BCUT2D eigenvalue weighted by Crippen LogP contribution is -2.24. The van der Waals surface area contributed by atoms with Crippen LogP contribution in [0.5, 0.6) is 0 Å². The van der Waals surface area contributed by atoms with Crippen LogP contribution in [0.3, 0.4) is 0 Å². The van der Waals surface area contributed by atoms with E-state index < -0.39 is 0 Å². The van der Waals surface area contributed by atoms with Crippen molar-refractivity contribution in [3.05, 3.63) is 26.8 Å². The van der Waals surface area contributed by atoms with Crippen molar-refractivity contribution in [2.75, 3.05) is 0 Å². The summed E-state index contributed by atoms with van der Waals surface area (Å²) < 4.78 is 2.30. The van der Waals surface area contributed by atoms with E-state index >= 15 is 0 Å². The van der Waals surface area contributed by atoms with Crippen LogP contribution in [0.4, 0.5) is 0 Å². The van der Waals surface area contributed by atoms with Gasteiger partial charge in [-0.1, -0.05) is 39.0 Å². The van der Waals surface area contributed by atoms with Gasteiger partial charge in [0.25, 0.3) is 5.56 Å². The van der Waals surface area contributed by atoms with Crippen molar-refractivity contribution in [3.63, 3.8) is 0 Å². The summed E-state index contributed by atoms with van der Waals surface area (Å²) in [5, 5.41) is 0. The summed E-state index contributed by atoms with van der Waals surface area (Å²) in [6.07, 6.45) is 8.99. The molecule has 0 fully saturated rings. The van der Waals surface area contributed by atoms with Crippen molar-refractivity contribution in [2.45, 2.75) is 58.9 Å². The first-order valence-corrected chi connectivity index (χ1v) is 7.18. The predicted molar refractivity (Wildman–Crippen MR) is 74.3 cm³/mol. The van der Waals surface area contributed by atoms with Gasteiger partial charge >= 0.3 is 0 Å². The van der Waals surface area contributed by atoms with Crippen molar-refractivity contribution in [3.8, 4) is 0 Å². The van der Waals surface area contributed by atoms with Gasteiger partial charge in [0.05, 0.1) is 0 Å². The Morgan fingerprint density at radius 2 is 1.88 bits per heavy atom. The molecule has 0 aliphatic rings. The average molecular weight is 301 g/mol. The molecule has 0 N–H and O–H groups in total. The quantitative estimate of drug-likeness (QED) is 0.720. The van der Waals surface area contributed by atoms with Gasteiger partial charge in [-0.05, 0) is 29.3 Å². The molecule has 0 spiro atoms. The molecule has 0 bridgehead atoms. The summed E-state index contributed by atoms with van der Waals surface area (Å²) in [4.78, 5) is 16.0. The fourth-order valence-corrected chi connectivity index (χ4v) is 2.18. The van der Waals surface area contributed by atoms with Crippen LogP contribution >= 0.6 is 15.9 Å². The second-order valence-corrected chi connectivity index (χ2v) is 5.23. The molecule has 0 radical (unpaired) electrons. The minimum Gasteiger partial charge on any atom is -0.296 e. The van der Waals surface area contributed by atoms with E-state index in [1.54, 1.807) is 10.8 Å². The van der Waals surface area contributed by atoms with Gasteiger partial charge in [-0.15, -0.1) is 0 Å². The van der Waals surface area contributed by atoms with E-state index in [0.29, 0.717) is 4.47 Å². The summed E-state index contributed by atoms with van der Waals surface area (Å²) in [5.41, 5.74) is 0.0334. The molecule has 0 amide bonds. The molecule has 0 aliphatic carbocycles. The Labute approximate surface area is 111 Å². The van der Waals surface area contributed by atoms with Gasteiger partial charge in [0.15, 0.2) is 0 Å². The van der Waals surface area contributed by atoms with E-state index in [1.165, 1.54) is 32.1 Å². The first kappa shape index (κ1) is 14.4. The molecule has 1 heterocycles. The molecule has 0 atom stereocenters. The van der Waals surface area contributed by atoms with E-state index in [4.69, 9.17) is 0 Å². The summed E-state index contributed by atoms with van der Waals surface area (Å²) in [6.45, 7) is 4.88. The molecule has 1 aromatic rings. The third kappa shape index (κ3) is 4.62. The van der Waals surface area contributed by atoms with Gasteiger partial charge in [-0.2, -0.15) is 0 Å². The maximum atomic E-state index is 11.8. The second kappa shape index (κ2) is 7.64. The molecule has 0 aliphatic heterocycles. The number of rotatable bonds is 7. The predicted octanol–water partition coefficient (Wildman–Crippen LogP) is 3.67. The normalized spacial score (nSPS) is 10.8. The largest absolute Gasteiger partial charge is 0.296 e. The number of hydrogen-bond donors (Lipinski definition) is 0. The third-order valence-corrected chi connectivity index (χ3v) is 3.48. The maximum Gasteiger partial charge on any atom is 0.267 e. The molecule has 96 valence electrons. The van der Waals surface area contributed by atoms with E-state index in [0.717, 1.165) is 18.8 Å². The van der Waals surface area contributed by atoms with Crippen molar-refractivity contribution in [2.24, 2.45) is 0 Å². The minimum atomic E-state index is 0.0334. The Balaban J connectivity index is 2.42. The van der Waals surface area contributed by atoms with E-state index in [-0.39, 0.29) is 5.56 Å². The zero-order valence-corrected chi connectivity index (χ0v) is 12.3. The molecule has 17 heavy (non-hydrogen) atoms. The number of halogens is 1. The highest BCUT2D eigenvalue weighted by atomic mass is 79.9. The summed E-state index contributed by atoms with van der Waals surface area (Å²) in [5.74, 6) is 0.798. The smallest absolute Gasteiger partial charge is 0.267 e. The molecule has 0 aromatic carbocycles. The zero-order valence-electron chi connectivity index (χ0n) is 10.7. The van der Waals surface area contributed by atoms with Crippen molar-refractivity contribution >= 4 is 15.9 Å². The number of unbranched alkanes of at least 4 members (excludes halogenated alkanes) is 5. The lowest BCUT2D eigenvalue weighted by atomic mass is 10.1. The van der Waals surface area contributed by atoms with Crippen LogP contribution in [0.1, 0.15) is 51.3 Å². The topological polar surface area (TPSA) is 34.9 Å². The minimum absolute atomic E-state index is 0.0334. The number of aromatic nitrogens is 2. The number of hydrogen-bond acceptors (Lipinski definition) is 2. The van der Waals surface area contributed by atoms with Crippen LogP contribution in [0.2, 0.25) is 0 Å². The molecular formula is C13H21BrN2O. The van der Waals surface area contributed by atoms with Gasteiger partial charge in [0, 0.05) is 12.7 Å². The second-order valence-electron chi connectivity index (χ2n) is 4.38. The van der Waals surface area contributed by atoms with Crippen LogP contribution < -0.4 is 5.56 Å². The lowest BCUT2D eigenvalue weighted by Gasteiger charge is -2.08. The van der Waals surface area contributed by atoms with Crippen LogP contribution in [-0.2, 0) is 6.54 Å². The Kier molecular flexibility index (Phi) is 6.48. The maximum absolute atomic E-state index is 11.8. The zero-order chi connectivity index (χ0) is 12.7. The summed E-state index contributed by atoms with van der Waals surface area (Å²) in [7, 11) is 0.